The van der Waals surface area contributed by atoms with E-state index in [1.807, 2.05) is 37.3 Å². The molecule has 180 valence electrons. The number of hydrogen-bond acceptors (Lipinski definition) is 5. The van der Waals surface area contributed by atoms with Gasteiger partial charge in [0.05, 0.1) is 12.6 Å². The van der Waals surface area contributed by atoms with Crippen LogP contribution in [0.25, 0.3) is 0 Å². The molecule has 0 spiro atoms. The lowest BCUT2D eigenvalue weighted by Gasteiger charge is -2.37. The molecule has 0 unspecified atom stereocenters. The Hall–Kier alpha value is -2.88. The summed E-state index contributed by atoms with van der Waals surface area (Å²) in [5.41, 5.74) is 2.23. The topological polar surface area (TPSA) is 65.9 Å². The van der Waals surface area contributed by atoms with Crippen LogP contribution in [0.2, 0.25) is 0 Å². The minimum atomic E-state index is -0.293. The molecule has 2 aliphatic rings. The molecular weight excluding hydrogens is 426 g/mol. The summed E-state index contributed by atoms with van der Waals surface area (Å²) >= 11 is 0. The lowest BCUT2D eigenvalue weighted by Crippen LogP contribution is -2.50. The zero-order valence-electron chi connectivity index (χ0n) is 20.4. The standard InChI is InChI=1S/C28H35N3O3/c1-20-16-31(21(2)19-32)28(33)25-14-24(11-7-10-22-8-5-4-6-9-22)15-29-27(25)34-26(20)18-30(3)17-23-12-13-23/h4-6,8-9,14-15,20-21,23,26,32H,10,12-13,16-19H2,1-3H3/t20-,21+,26-/m1/s1. The third kappa shape index (κ3) is 6.16. The highest BCUT2D eigenvalue weighted by Crippen LogP contribution is 2.31. The molecule has 0 saturated heterocycles. The maximum atomic E-state index is 13.5. The number of aromatic nitrogens is 1. The van der Waals surface area contributed by atoms with E-state index < -0.39 is 0 Å². The average Bonchev–Trinajstić information content (AvgIpc) is 3.65. The number of nitrogens with zero attached hydrogens (tertiary/aromatic N) is 3. The maximum absolute atomic E-state index is 13.5. The van der Waals surface area contributed by atoms with Gasteiger partial charge in [-0.3, -0.25) is 4.79 Å². The molecule has 1 saturated carbocycles. The molecule has 1 amide bonds. The normalized spacial score (nSPS) is 21.1. The Morgan fingerprint density at radius 1 is 1.26 bits per heavy atom. The maximum Gasteiger partial charge on any atom is 0.259 e. The van der Waals surface area contributed by atoms with E-state index in [4.69, 9.17) is 4.74 Å². The Labute approximate surface area is 202 Å². The van der Waals surface area contributed by atoms with Gasteiger partial charge in [0.1, 0.15) is 11.7 Å². The highest BCUT2D eigenvalue weighted by Gasteiger charge is 2.34. The van der Waals surface area contributed by atoms with Crippen molar-refractivity contribution in [3.8, 4) is 17.7 Å². The number of ether oxygens (including phenoxy) is 1. The number of hydrogen-bond donors (Lipinski definition) is 1. The first-order valence-electron chi connectivity index (χ1n) is 12.2. The van der Waals surface area contributed by atoms with Gasteiger partial charge in [0.25, 0.3) is 5.91 Å². The number of amides is 1. The number of likely N-dealkylation sites (N-methyl/N-ethyl adjacent to an activating group) is 1. The Balaban J connectivity index is 1.59. The summed E-state index contributed by atoms with van der Waals surface area (Å²) in [6, 6.07) is 11.5. The average molecular weight is 462 g/mol. The van der Waals surface area contributed by atoms with Crippen molar-refractivity contribution >= 4 is 5.91 Å². The van der Waals surface area contributed by atoms with Gasteiger partial charge in [-0.2, -0.15) is 0 Å². The van der Waals surface area contributed by atoms with Crippen molar-refractivity contribution in [1.29, 1.82) is 0 Å². The fraction of sp³-hybridized carbons (Fsp3) is 0.500. The number of carbonyl (C=O) groups is 1. The predicted molar refractivity (Wildman–Crippen MR) is 133 cm³/mol. The molecule has 1 N–H and O–H groups in total. The molecule has 6 heteroatoms. The van der Waals surface area contributed by atoms with Gasteiger partial charge in [0.2, 0.25) is 5.88 Å². The monoisotopic (exact) mass is 461 g/mol. The number of rotatable bonds is 7. The summed E-state index contributed by atoms with van der Waals surface area (Å²) in [6.45, 7) is 6.24. The molecule has 34 heavy (non-hydrogen) atoms. The third-order valence-electron chi connectivity index (χ3n) is 6.65. The number of benzene rings is 1. The Bertz CT molecular complexity index is 1040. The van der Waals surface area contributed by atoms with Crippen LogP contribution >= 0.6 is 0 Å². The molecule has 3 atom stereocenters. The first kappa shape index (κ1) is 24.3. The van der Waals surface area contributed by atoms with E-state index in [2.05, 4.69) is 35.7 Å². The zero-order chi connectivity index (χ0) is 24.1. The van der Waals surface area contributed by atoms with Crippen molar-refractivity contribution in [3.05, 3.63) is 59.3 Å². The van der Waals surface area contributed by atoms with Crippen LogP contribution in [0.4, 0.5) is 0 Å². The second-order valence-corrected chi connectivity index (χ2v) is 9.83. The van der Waals surface area contributed by atoms with E-state index >= 15 is 0 Å². The van der Waals surface area contributed by atoms with Crippen LogP contribution < -0.4 is 4.74 Å². The molecule has 0 radical (unpaired) electrons. The van der Waals surface area contributed by atoms with E-state index in [0.29, 0.717) is 30.0 Å². The van der Waals surface area contributed by atoms with Gasteiger partial charge in [0.15, 0.2) is 0 Å². The van der Waals surface area contributed by atoms with Crippen molar-refractivity contribution in [1.82, 2.24) is 14.8 Å². The predicted octanol–water partition coefficient (Wildman–Crippen LogP) is 3.24. The summed E-state index contributed by atoms with van der Waals surface area (Å²) in [6.07, 6.45) is 4.82. The van der Waals surface area contributed by atoms with Gasteiger partial charge in [-0.1, -0.05) is 49.1 Å². The largest absolute Gasteiger partial charge is 0.472 e. The van der Waals surface area contributed by atoms with E-state index in [1.54, 1.807) is 17.2 Å². The van der Waals surface area contributed by atoms with E-state index in [-0.39, 0.29) is 30.6 Å². The summed E-state index contributed by atoms with van der Waals surface area (Å²) in [7, 11) is 2.13. The van der Waals surface area contributed by atoms with Gasteiger partial charge in [-0.05, 0) is 44.4 Å². The number of carbonyl (C=O) groups excluding carboxylic acids is 1. The van der Waals surface area contributed by atoms with Crippen LogP contribution in [0.1, 0.15) is 48.2 Å². The molecule has 1 aromatic heterocycles. The molecular formula is C28H35N3O3. The molecule has 1 aliphatic carbocycles. The van der Waals surface area contributed by atoms with Crippen LogP contribution in [0.15, 0.2) is 42.6 Å². The summed E-state index contributed by atoms with van der Waals surface area (Å²) in [4.78, 5) is 22.1. The fourth-order valence-corrected chi connectivity index (χ4v) is 4.36. The van der Waals surface area contributed by atoms with E-state index in [0.717, 1.165) is 24.6 Å². The second kappa shape index (κ2) is 11.0. The van der Waals surface area contributed by atoms with Gasteiger partial charge in [0, 0.05) is 43.7 Å². The molecule has 0 bridgehead atoms. The SMILES string of the molecule is C[C@@H]1CN([C@@H](C)CO)C(=O)c2cc(C#CCc3ccccc3)cnc2O[C@@H]1CN(C)CC1CC1. The van der Waals surface area contributed by atoms with Crippen molar-refractivity contribution in [3.63, 3.8) is 0 Å². The van der Waals surface area contributed by atoms with Gasteiger partial charge < -0.3 is 19.6 Å². The molecule has 4 rings (SSSR count). The van der Waals surface area contributed by atoms with Gasteiger partial charge in [-0.25, -0.2) is 4.98 Å². The molecule has 1 aliphatic heterocycles. The van der Waals surface area contributed by atoms with Crippen molar-refractivity contribution in [2.24, 2.45) is 11.8 Å². The lowest BCUT2D eigenvalue weighted by molar-refractivity contribution is 0.0327. The minimum Gasteiger partial charge on any atom is -0.472 e. The molecule has 6 nitrogen and oxygen atoms in total. The van der Waals surface area contributed by atoms with Crippen molar-refractivity contribution in [2.45, 2.75) is 45.3 Å². The number of aliphatic hydroxyl groups is 1. The first-order chi connectivity index (χ1) is 16.4. The van der Waals surface area contributed by atoms with Crippen LogP contribution in [0.5, 0.6) is 5.88 Å². The molecule has 2 heterocycles. The molecule has 2 aromatic rings. The van der Waals surface area contributed by atoms with Crippen LogP contribution in [0.3, 0.4) is 0 Å². The van der Waals surface area contributed by atoms with Crippen LogP contribution in [0, 0.1) is 23.7 Å². The summed E-state index contributed by atoms with van der Waals surface area (Å²) in [5, 5.41) is 9.83. The number of aliphatic hydroxyl groups excluding tert-OH is 1. The Morgan fingerprint density at radius 3 is 2.74 bits per heavy atom. The lowest BCUT2D eigenvalue weighted by atomic mass is 9.99. The van der Waals surface area contributed by atoms with Crippen LogP contribution in [-0.2, 0) is 6.42 Å². The quantitative estimate of drug-likeness (QED) is 0.642. The van der Waals surface area contributed by atoms with Crippen molar-refractivity contribution in [2.75, 3.05) is 33.3 Å². The molecule has 1 aromatic carbocycles. The van der Waals surface area contributed by atoms with Gasteiger partial charge >= 0.3 is 0 Å². The van der Waals surface area contributed by atoms with Crippen LogP contribution in [-0.4, -0.2) is 71.2 Å². The Kier molecular flexibility index (Phi) is 7.87. The van der Waals surface area contributed by atoms with E-state index in [9.17, 15) is 9.90 Å². The van der Waals surface area contributed by atoms with Gasteiger partial charge in [-0.15, -0.1) is 0 Å². The highest BCUT2D eigenvalue weighted by atomic mass is 16.5. The third-order valence-corrected chi connectivity index (χ3v) is 6.65. The molecule has 1 fully saturated rings. The Morgan fingerprint density at radius 2 is 2.03 bits per heavy atom. The first-order valence-corrected chi connectivity index (χ1v) is 12.2. The summed E-state index contributed by atoms with van der Waals surface area (Å²) in [5.74, 6) is 7.39. The number of fused-ring (bicyclic) bond motifs is 1. The summed E-state index contributed by atoms with van der Waals surface area (Å²) < 4.78 is 6.37. The van der Waals surface area contributed by atoms with E-state index in [1.165, 1.54) is 12.8 Å². The zero-order valence-corrected chi connectivity index (χ0v) is 20.4. The fourth-order valence-electron chi connectivity index (χ4n) is 4.36. The minimum absolute atomic E-state index is 0.0924. The number of pyridine rings is 1. The highest BCUT2D eigenvalue weighted by molar-refractivity contribution is 5.97. The second-order valence-electron chi connectivity index (χ2n) is 9.83. The smallest absolute Gasteiger partial charge is 0.259 e. The van der Waals surface area contributed by atoms with Crippen molar-refractivity contribution < 1.29 is 14.6 Å².